The van der Waals surface area contributed by atoms with E-state index in [0.717, 1.165) is 12.0 Å². The van der Waals surface area contributed by atoms with E-state index in [1.54, 1.807) is 11.3 Å². The van der Waals surface area contributed by atoms with Crippen molar-refractivity contribution in [3.63, 3.8) is 0 Å². The molecule has 2 atom stereocenters. The number of nitrogens with zero attached hydrogens (tertiary/aromatic N) is 1. The molecule has 0 saturated heterocycles. The minimum Gasteiger partial charge on any atom is -0.326 e. The Morgan fingerprint density at radius 2 is 2.00 bits per heavy atom. The minimum atomic E-state index is 0.192. The molecule has 0 radical (unpaired) electrons. The maximum Gasteiger partial charge on any atom is 0.0507 e. The van der Waals surface area contributed by atoms with E-state index >= 15 is 0 Å². The van der Waals surface area contributed by atoms with E-state index in [2.05, 4.69) is 42.5 Å². The molecule has 114 valence electrons. The molecule has 1 saturated carbocycles. The van der Waals surface area contributed by atoms with Gasteiger partial charge in [-0.15, -0.1) is 0 Å². The highest BCUT2D eigenvalue weighted by Gasteiger charge is 2.31. The summed E-state index contributed by atoms with van der Waals surface area (Å²) in [4.78, 5) is 2.72. The number of rotatable bonds is 7. The topological polar surface area (TPSA) is 29.3 Å². The molecule has 2 unspecified atom stereocenters. The Balaban J connectivity index is 2.17. The molecule has 3 heteroatoms. The molecule has 1 aliphatic carbocycles. The Kier molecular flexibility index (Phi) is 6.06. The Bertz CT molecular complexity index is 366. The molecule has 0 spiro atoms. The number of thiophene rings is 1. The van der Waals surface area contributed by atoms with Gasteiger partial charge < -0.3 is 5.73 Å². The van der Waals surface area contributed by atoms with Crippen molar-refractivity contribution < 1.29 is 0 Å². The van der Waals surface area contributed by atoms with Crippen LogP contribution in [0, 0.1) is 5.92 Å². The van der Waals surface area contributed by atoms with E-state index in [-0.39, 0.29) is 6.04 Å². The van der Waals surface area contributed by atoms with Gasteiger partial charge in [0.25, 0.3) is 0 Å². The lowest BCUT2D eigenvalue weighted by Gasteiger charge is -2.39. The highest BCUT2D eigenvalue weighted by atomic mass is 32.1. The smallest absolute Gasteiger partial charge is 0.0507 e. The third kappa shape index (κ3) is 4.06. The van der Waals surface area contributed by atoms with Crippen LogP contribution >= 0.6 is 11.3 Å². The maximum absolute atomic E-state index is 6.37. The molecule has 0 aliphatic heterocycles. The summed E-state index contributed by atoms with van der Waals surface area (Å²) in [5.41, 5.74) is 7.78. The van der Waals surface area contributed by atoms with Crippen molar-refractivity contribution >= 4 is 11.3 Å². The van der Waals surface area contributed by atoms with E-state index in [1.807, 2.05) is 0 Å². The standard InChI is InChI=1S/C17H30N2S/c1-13(2)8-10-19(16-6-4-5-7-16)17(14(3)18)15-9-11-20-12-15/h9,11-14,16-17H,4-8,10,18H2,1-3H3. The fraction of sp³-hybridized carbons (Fsp3) is 0.765. The highest BCUT2D eigenvalue weighted by Crippen LogP contribution is 2.34. The largest absolute Gasteiger partial charge is 0.326 e. The summed E-state index contributed by atoms with van der Waals surface area (Å²) in [7, 11) is 0. The molecule has 0 aromatic carbocycles. The van der Waals surface area contributed by atoms with Crippen LogP contribution in [-0.2, 0) is 0 Å². The third-order valence-corrected chi connectivity index (χ3v) is 5.20. The molecule has 1 aromatic rings. The second kappa shape index (κ2) is 7.58. The molecule has 1 aliphatic rings. The Morgan fingerprint density at radius 3 is 2.50 bits per heavy atom. The lowest BCUT2D eigenvalue weighted by atomic mass is 9.98. The Labute approximate surface area is 128 Å². The number of nitrogens with two attached hydrogens (primary N) is 1. The van der Waals surface area contributed by atoms with Crippen LogP contribution in [-0.4, -0.2) is 23.5 Å². The van der Waals surface area contributed by atoms with Crippen LogP contribution in [0.1, 0.15) is 64.5 Å². The summed E-state index contributed by atoms with van der Waals surface area (Å²) >= 11 is 1.79. The lowest BCUT2D eigenvalue weighted by molar-refractivity contribution is 0.113. The van der Waals surface area contributed by atoms with Crippen LogP contribution in [0.15, 0.2) is 16.8 Å². The van der Waals surface area contributed by atoms with E-state index in [0.29, 0.717) is 6.04 Å². The van der Waals surface area contributed by atoms with Crippen molar-refractivity contribution in [3.8, 4) is 0 Å². The zero-order valence-electron chi connectivity index (χ0n) is 13.2. The summed E-state index contributed by atoms with van der Waals surface area (Å²) in [5.74, 6) is 0.759. The molecule has 2 rings (SSSR count). The van der Waals surface area contributed by atoms with Crippen LogP contribution in [0.4, 0.5) is 0 Å². The van der Waals surface area contributed by atoms with Crippen LogP contribution in [0.5, 0.6) is 0 Å². The molecular formula is C17H30N2S. The first-order chi connectivity index (χ1) is 9.59. The maximum atomic E-state index is 6.37. The fourth-order valence-corrected chi connectivity index (χ4v) is 4.12. The van der Waals surface area contributed by atoms with Crippen LogP contribution in [0.2, 0.25) is 0 Å². The summed E-state index contributed by atoms with van der Waals surface area (Å²) in [6.45, 7) is 7.99. The van der Waals surface area contributed by atoms with Gasteiger partial charge in [-0.1, -0.05) is 26.7 Å². The zero-order chi connectivity index (χ0) is 14.5. The molecule has 0 bridgehead atoms. The first kappa shape index (κ1) is 16.0. The Hall–Kier alpha value is -0.380. The Morgan fingerprint density at radius 1 is 1.30 bits per heavy atom. The average molecular weight is 295 g/mol. The van der Waals surface area contributed by atoms with Crippen molar-refractivity contribution in [1.29, 1.82) is 0 Å². The molecular weight excluding hydrogens is 264 g/mol. The monoisotopic (exact) mass is 294 g/mol. The van der Waals surface area contributed by atoms with Gasteiger partial charge in [-0.05, 0) is 61.0 Å². The third-order valence-electron chi connectivity index (χ3n) is 4.50. The normalized spacial score (nSPS) is 19.9. The van der Waals surface area contributed by atoms with Crippen molar-refractivity contribution in [1.82, 2.24) is 4.90 Å². The quantitative estimate of drug-likeness (QED) is 0.806. The average Bonchev–Trinajstić information content (AvgIpc) is 3.05. The van der Waals surface area contributed by atoms with Gasteiger partial charge in [-0.2, -0.15) is 11.3 Å². The number of hydrogen-bond acceptors (Lipinski definition) is 3. The second-order valence-corrected chi connectivity index (χ2v) is 7.50. The van der Waals surface area contributed by atoms with Gasteiger partial charge >= 0.3 is 0 Å². The first-order valence-electron chi connectivity index (χ1n) is 8.13. The second-order valence-electron chi connectivity index (χ2n) is 6.72. The summed E-state index contributed by atoms with van der Waals surface area (Å²) in [6.07, 6.45) is 6.75. The van der Waals surface area contributed by atoms with Crippen molar-refractivity contribution in [2.45, 2.75) is 71.0 Å². The zero-order valence-corrected chi connectivity index (χ0v) is 14.0. The number of hydrogen-bond donors (Lipinski definition) is 1. The minimum absolute atomic E-state index is 0.192. The van der Waals surface area contributed by atoms with Crippen molar-refractivity contribution in [2.24, 2.45) is 11.7 Å². The SMILES string of the molecule is CC(C)CCN(C1CCCC1)C(c1ccsc1)C(C)N. The van der Waals surface area contributed by atoms with Crippen LogP contribution in [0.3, 0.4) is 0 Å². The molecule has 2 nitrogen and oxygen atoms in total. The van der Waals surface area contributed by atoms with Gasteiger partial charge in [0.05, 0.1) is 6.04 Å². The molecule has 1 fully saturated rings. The lowest BCUT2D eigenvalue weighted by Crippen LogP contribution is -2.45. The van der Waals surface area contributed by atoms with Crippen molar-refractivity contribution in [3.05, 3.63) is 22.4 Å². The van der Waals surface area contributed by atoms with Crippen LogP contribution < -0.4 is 5.73 Å². The highest BCUT2D eigenvalue weighted by molar-refractivity contribution is 7.07. The predicted octanol–water partition coefficient (Wildman–Crippen LogP) is 4.43. The van der Waals surface area contributed by atoms with E-state index in [4.69, 9.17) is 5.73 Å². The molecule has 1 aromatic heterocycles. The summed E-state index contributed by atoms with van der Waals surface area (Å²) < 4.78 is 0. The first-order valence-corrected chi connectivity index (χ1v) is 9.07. The van der Waals surface area contributed by atoms with Gasteiger partial charge in [0, 0.05) is 12.1 Å². The summed E-state index contributed by atoms with van der Waals surface area (Å²) in [5, 5.41) is 4.46. The molecule has 0 amide bonds. The van der Waals surface area contributed by atoms with Gasteiger partial charge in [-0.3, -0.25) is 4.90 Å². The van der Waals surface area contributed by atoms with E-state index in [9.17, 15) is 0 Å². The van der Waals surface area contributed by atoms with Crippen LogP contribution in [0.25, 0.3) is 0 Å². The van der Waals surface area contributed by atoms with E-state index in [1.165, 1.54) is 44.2 Å². The molecule has 2 N–H and O–H groups in total. The van der Waals surface area contributed by atoms with Gasteiger partial charge in [-0.25, -0.2) is 0 Å². The predicted molar refractivity (Wildman–Crippen MR) is 89.1 cm³/mol. The molecule has 20 heavy (non-hydrogen) atoms. The van der Waals surface area contributed by atoms with Gasteiger partial charge in [0.15, 0.2) is 0 Å². The summed E-state index contributed by atoms with van der Waals surface area (Å²) in [6, 6.07) is 3.58. The van der Waals surface area contributed by atoms with Crippen molar-refractivity contribution in [2.75, 3.05) is 6.54 Å². The van der Waals surface area contributed by atoms with E-state index < -0.39 is 0 Å². The molecule has 1 heterocycles. The fourth-order valence-electron chi connectivity index (χ4n) is 3.43. The van der Waals surface area contributed by atoms with Gasteiger partial charge in [0.1, 0.15) is 0 Å². The van der Waals surface area contributed by atoms with Gasteiger partial charge in [0.2, 0.25) is 0 Å².